The van der Waals surface area contributed by atoms with Crippen LogP contribution in [0.3, 0.4) is 0 Å². The van der Waals surface area contributed by atoms with Gasteiger partial charge in [0.15, 0.2) is 13.2 Å². The smallest absolute Gasteiger partial charge is 0.257 e. The summed E-state index contributed by atoms with van der Waals surface area (Å²) in [5.74, 6) is 0.604. The number of nitrogens with zero attached hydrogens (tertiary/aromatic N) is 2. The first-order valence-electron chi connectivity index (χ1n) is 20.0. The van der Waals surface area contributed by atoms with Crippen LogP contribution in [0.15, 0.2) is 58.8 Å². The maximum Gasteiger partial charge on any atom is 0.257 e. The number of amides is 2. The van der Waals surface area contributed by atoms with Crippen molar-refractivity contribution in [2.75, 3.05) is 26.3 Å². The molecule has 0 heterocycles. The van der Waals surface area contributed by atoms with Crippen molar-refractivity contribution in [3.63, 3.8) is 0 Å². The van der Waals surface area contributed by atoms with E-state index in [1.54, 1.807) is 48.5 Å². The lowest BCUT2D eigenvalue weighted by Crippen LogP contribution is -2.29. The summed E-state index contributed by atoms with van der Waals surface area (Å²) in [4.78, 5) is 24.5. The quantitative estimate of drug-likeness (QED) is 0.0264. The van der Waals surface area contributed by atoms with Crippen molar-refractivity contribution in [2.45, 2.75) is 142 Å². The number of ether oxygens (including phenoxy) is 2. The zero-order valence-corrected chi connectivity index (χ0v) is 32.0. The summed E-state index contributed by atoms with van der Waals surface area (Å²) in [6, 6.07) is 13.2. The molecule has 0 radical (unpaired) electrons. The average Bonchev–Trinajstić information content (AvgIpc) is 3.17. The molecule has 2 aromatic carbocycles. The maximum absolute atomic E-state index is 12.2. The van der Waals surface area contributed by atoms with E-state index in [2.05, 4.69) is 34.8 Å². The minimum absolute atomic E-state index is 0.0447. The van der Waals surface area contributed by atoms with Gasteiger partial charge in [-0.1, -0.05) is 140 Å². The van der Waals surface area contributed by atoms with Crippen molar-refractivity contribution < 1.29 is 29.5 Å². The van der Waals surface area contributed by atoms with Crippen LogP contribution in [0.2, 0.25) is 0 Å². The van der Waals surface area contributed by atoms with E-state index in [1.807, 2.05) is 0 Å². The van der Waals surface area contributed by atoms with Gasteiger partial charge >= 0.3 is 0 Å². The lowest BCUT2D eigenvalue weighted by atomic mass is 10.00. The summed E-state index contributed by atoms with van der Waals surface area (Å²) < 4.78 is 11.3. The molecule has 0 bridgehead atoms. The van der Waals surface area contributed by atoms with Crippen LogP contribution in [0.4, 0.5) is 0 Å². The normalized spacial score (nSPS) is 11.7. The van der Waals surface area contributed by atoms with E-state index in [0.29, 0.717) is 35.7 Å². The molecule has 290 valence electrons. The number of hydrogen-bond acceptors (Lipinski definition) is 8. The van der Waals surface area contributed by atoms with Crippen LogP contribution in [0.25, 0.3) is 0 Å². The fraction of sp³-hybridized carbons (Fsp3) is 0.619. The molecule has 2 amide bonds. The molecule has 0 saturated carbocycles. The van der Waals surface area contributed by atoms with Gasteiger partial charge in [-0.15, -0.1) is 0 Å². The Morgan fingerprint density at radius 1 is 0.481 bits per heavy atom. The number of oxime groups is 2. The molecule has 0 unspecified atom stereocenters. The van der Waals surface area contributed by atoms with Crippen LogP contribution < -0.4 is 20.1 Å². The first-order valence-corrected chi connectivity index (χ1v) is 20.0. The Labute approximate surface area is 312 Å². The fourth-order valence-corrected chi connectivity index (χ4v) is 5.98. The predicted molar refractivity (Wildman–Crippen MR) is 210 cm³/mol. The van der Waals surface area contributed by atoms with Gasteiger partial charge in [0.1, 0.15) is 22.9 Å². The average molecular weight is 723 g/mol. The molecule has 4 N–H and O–H groups in total. The van der Waals surface area contributed by atoms with Gasteiger partial charge in [0.05, 0.1) is 0 Å². The summed E-state index contributed by atoms with van der Waals surface area (Å²) >= 11 is 0. The summed E-state index contributed by atoms with van der Waals surface area (Å²) in [6.07, 6.45) is 24.9. The third-order valence-electron chi connectivity index (χ3n) is 9.12. The Kier molecular flexibility index (Phi) is 25.0. The van der Waals surface area contributed by atoms with Crippen molar-refractivity contribution in [1.29, 1.82) is 0 Å². The van der Waals surface area contributed by atoms with Crippen molar-refractivity contribution in [2.24, 2.45) is 10.3 Å². The van der Waals surface area contributed by atoms with E-state index < -0.39 is 0 Å². The van der Waals surface area contributed by atoms with Crippen LogP contribution >= 0.6 is 0 Å². The van der Waals surface area contributed by atoms with Gasteiger partial charge in [0.25, 0.3) is 11.8 Å². The molecule has 0 aromatic heterocycles. The van der Waals surface area contributed by atoms with Crippen molar-refractivity contribution in [3.8, 4) is 11.5 Å². The molecule has 52 heavy (non-hydrogen) atoms. The molecule has 10 nitrogen and oxygen atoms in total. The van der Waals surface area contributed by atoms with Gasteiger partial charge in [0.2, 0.25) is 0 Å². The molecule has 0 atom stereocenters. The lowest BCUT2D eigenvalue weighted by molar-refractivity contribution is -0.123. The minimum Gasteiger partial charge on any atom is -0.484 e. The number of carbonyl (C=O) groups is 2. The third-order valence-corrected chi connectivity index (χ3v) is 9.12. The second kappa shape index (κ2) is 29.5. The summed E-state index contributed by atoms with van der Waals surface area (Å²) in [5.41, 5.74) is 1.05. The van der Waals surface area contributed by atoms with Crippen molar-refractivity contribution >= 4 is 23.2 Å². The lowest BCUT2D eigenvalue weighted by Gasteiger charge is -2.11. The molecule has 0 spiro atoms. The summed E-state index contributed by atoms with van der Waals surface area (Å²) in [6.45, 7) is 5.55. The Morgan fingerprint density at radius 3 is 1.06 bits per heavy atom. The molecule has 2 rings (SSSR count). The predicted octanol–water partition coefficient (Wildman–Crippen LogP) is 9.58. The number of hydrogen-bond donors (Lipinski definition) is 4. The molecule has 0 aliphatic rings. The van der Waals surface area contributed by atoms with Gasteiger partial charge < -0.3 is 30.5 Å². The second-order valence-corrected chi connectivity index (χ2v) is 13.6. The first-order chi connectivity index (χ1) is 25.5. The van der Waals surface area contributed by atoms with Gasteiger partial charge in [-0.2, -0.15) is 0 Å². The van der Waals surface area contributed by atoms with Crippen LogP contribution in [0.1, 0.15) is 153 Å². The number of rotatable bonds is 31. The number of carbonyl (C=O) groups excluding carboxylic acids is 2. The summed E-state index contributed by atoms with van der Waals surface area (Å²) in [7, 11) is 0. The molecular formula is C42H66N4O6. The molecule has 2 aromatic rings. The van der Waals surface area contributed by atoms with E-state index in [4.69, 9.17) is 9.47 Å². The highest BCUT2D eigenvalue weighted by Crippen LogP contribution is 2.18. The largest absolute Gasteiger partial charge is 0.484 e. The van der Waals surface area contributed by atoms with E-state index in [-0.39, 0.29) is 36.5 Å². The number of nitrogens with one attached hydrogen (secondary N) is 2. The Hall–Kier alpha value is -4.08. The van der Waals surface area contributed by atoms with Crippen LogP contribution in [-0.4, -0.2) is 60.0 Å². The molecule has 0 aliphatic heterocycles. The van der Waals surface area contributed by atoms with Gasteiger partial charge in [-0.25, -0.2) is 0 Å². The second-order valence-electron chi connectivity index (χ2n) is 13.6. The number of benzene rings is 2. The van der Waals surface area contributed by atoms with E-state index >= 15 is 0 Å². The molecule has 0 fully saturated rings. The third kappa shape index (κ3) is 20.1. The highest BCUT2D eigenvalue weighted by molar-refractivity contribution is 6.53. The van der Waals surface area contributed by atoms with E-state index in [0.717, 1.165) is 25.7 Å². The number of unbranched alkanes of at least 4 members (excludes halogenated alkanes) is 18. The molecule has 0 aliphatic carbocycles. The van der Waals surface area contributed by atoms with Crippen LogP contribution in [-0.2, 0) is 9.59 Å². The molecular weight excluding hydrogens is 656 g/mol. The maximum atomic E-state index is 12.2. The minimum atomic E-state index is -0.176. The van der Waals surface area contributed by atoms with Gasteiger partial charge in [-0.05, 0) is 61.4 Å². The standard InChI is InChI=1S/C42H66N4O6/c1-3-5-7-9-11-13-15-17-19-21-31-43-39(47)33-51-37-27-23-35(24-28-37)41(45-49)42(46-50)36-25-29-38(30-26-36)52-34-40(48)44-32-22-20-18-16-14-12-10-8-6-4-2/h23-30,49-50H,3-22,31-34H2,1-2H3,(H,43,47)(H,44,48)/b45-41-,46-42+. The van der Waals surface area contributed by atoms with Crippen molar-refractivity contribution in [3.05, 3.63) is 59.7 Å². The first kappa shape index (κ1) is 44.1. The highest BCUT2D eigenvalue weighted by Gasteiger charge is 2.17. The Balaban J connectivity index is 1.66. The van der Waals surface area contributed by atoms with Gasteiger partial charge in [-0.3, -0.25) is 9.59 Å². The van der Waals surface area contributed by atoms with Crippen LogP contribution in [0.5, 0.6) is 11.5 Å². The molecule has 10 heteroatoms. The Bertz CT molecular complexity index is 1180. The Morgan fingerprint density at radius 2 is 0.769 bits per heavy atom. The van der Waals surface area contributed by atoms with Gasteiger partial charge in [0, 0.05) is 24.2 Å². The zero-order chi connectivity index (χ0) is 37.5. The van der Waals surface area contributed by atoms with Crippen LogP contribution in [0, 0.1) is 0 Å². The zero-order valence-electron chi connectivity index (χ0n) is 32.0. The van der Waals surface area contributed by atoms with Crippen molar-refractivity contribution in [1.82, 2.24) is 10.6 Å². The van der Waals surface area contributed by atoms with E-state index in [9.17, 15) is 20.0 Å². The monoisotopic (exact) mass is 722 g/mol. The van der Waals surface area contributed by atoms with E-state index in [1.165, 1.54) is 103 Å². The fourth-order valence-electron chi connectivity index (χ4n) is 5.98. The molecule has 0 saturated heterocycles. The highest BCUT2D eigenvalue weighted by atomic mass is 16.5. The summed E-state index contributed by atoms with van der Waals surface area (Å²) in [5, 5.41) is 32.2. The topological polar surface area (TPSA) is 142 Å². The SMILES string of the molecule is CCCCCCCCCCCCNC(=O)COc1ccc(C(=N/O)/C(=N/O)c2ccc(OCC(=O)NCCCCCCCCCCCC)cc2)cc1.